The van der Waals surface area contributed by atoms with Crippen LogP contribution in [-0.2, 0) is 6.18 Å². The van der Waals surface area contributed by atoms with E-state index in [1.54, 1.807) is 6.07 Å². The van der Waals surface area contributed by atoms with Gasteiger partial charge < -0.3 is 5.11 Å². The van der Waals surface area contributed by atoms with Gasteiger partial charge in [0.15, 0.2) is 0 Å². The number of nitrogens with zero attached hydrogens (tertiary/aromatic N) is 1. The van der Waals surface area contributed by atoms with Gasteiger partial charge in [-0.3, -0.25) is 5.10 Å². The van der Waals surface area contributed by atoms with E-state index in [9.17, 15) is 18.0 Å². The minimum absolute atomic E-state index is 0.0169. The molecule has 0 saturated heterocycles. The third-order valence-electron chi connectivity index (χ3n) is 3.29. The van der Waals surface area contributed by atoms with Crippen molar-refractivity contribution in [1.29, 1.82) is 0 Å². The number of rotatable bonds is 2. The van der Waals surface area contributed by atoms with E-state index in [4.69, 9.17) is 5.11 Å². The molecule has 0 bridgehead atoms. The van der Waals surface area contributed by atoms with Gasteiger partial charge in [-0.15, -0.1) is 0 Å². The van der Waals surface area contributed by atoms with Crippen molar-refractivity contribution >= 4 is 16.9 Å². The Morgan fingerprint density at radius 3 is 2.55 bits per heavy atom. The number of H-pyrrole nitrogens is 1. The number of nitrogens with one attached hydrogen (secondary N) is 1. The lowest BCUT2D eigenvalue weighted by Gasteiger charge is -2.07. The number of para-hydroxylation sites is 1. The van der Waals surface area contributed by atoms with Gasteiger partial charge in [0, 0.05) is 10.9 Å². The molecule has 0 amide bonds. The molecule has 0 aliphatic rings. The molecule has 1 aromatic heterocycles. The Morgan fingerprint density at radius 2 is 1.86 bits per heavy atom. The highest BCUT2D eigenvalue weighted by molar-refractivity contribution is 6.05. The number of carboxylic acids is 1. The Balaban J connectivity index is 2.20. The van der Waals surface area contributed by atoms with E-state index in [0.29, 0.717) is 5.39 Å². The Kier molecular flexibility index (Phi) is 3.13. The fourth-order valence-electron chi connectivity index (χ4n) is 2.28. The van der Waals surface area contributed by atoms with Crippen LogP contribution in [0, 0.1) is 0 Å². The minimum Gasteiger partial charge on any atom is -0.478 e. The number of aromatic nitrogens is 2. The van der Waals surface area contributed by atoms with Gasteiger partial charge in [0.1, 0.15) is 0 Å². The van der Waals surface area contributed by atoms with Crippen LogP contribution in [0.2, 0.25) is 0 Å². The number of aromatic carboxylic acids is 1. The smallest absolute Gasteiger partial charge is 0.416 e. The first kappa shape index (κ1) is 14.1. The molecule has 0 saturated carbocycles. The van der Waals surface area contributed by atoms with Crippen LogP contribution < -0.4 is 0 Å². The van der Waals surface area contributed by atoms with Gasteiger partial charge in [-0.2, -0.15) is 18.3 Å². The fraction of sp³-hybridized carbons (Fsp3) is 0.0667. The lowest BCUT2D eigenvalue weighted by molar-refractivity contribution is -0.137. The third kappa shape index (κ3) is 2.30. The molecule has 0 aliphatic heterocycles. The standard InChI is InChI=1S/C15H9F3N2O2/c16-15(17,18)9-4-1-3-8(7-9)12-10-5-2-6-11(14(21)22)13(10)20-19-12/h1-7H,(H,19,20)(H,21,22). The van der Waals surface area contributed by atoms with Gasteiger partial charge in [0.05, 0.1) is 22.3 Å². The predicted molar refractivity (Wildman–Crippen MR) is 73.5 cm³/mol. The molecular formula is C15H9F3N2O2. The summed E-state index contributed by atoms with van der Waals surface area (Å²) in [5.41, 5.74) is 0.0639. The summed E-state index contributed by atoms with van der Waals surface area (Å²) in [6, 6.07) is 9.29. The number of benzene rings is 2. The zero-order valence-electron chi connectivity index (χ0n) is 11.0. The van der Waals surface area contributed by atoms with Crippen LogP contribution >= 0.6 is 0 Å². The van der Waals surface area contributed by atoms with Crippen molar-refractivity contribution < 1.29 is 23.1 Å². The van der Waals surface area contributed by atoms with Crippen molar-refractivity contribution in [3.05, 3.63) is 53.6 Å². The maximum Gasteiger partial charge on any atom is 0.416 e. The van der Waals surface area contributed by atoms with E-state index in [1.165, 1.54) is 24.3 Å². The first-order valence-electron chi connectivity index (χ1n) is 6.26. The van der Waals surface area contributed by atoms with E-state index >= 15 is 0 Å². The molecule has 2 N–H and O–H groups in total. The molecule has 4 nitrogen and oxygen atoms in total. The number of carbonyl (C=O) groups is 1. The monoisotopic (exact) mass is 306 g/mol. The van der Waals surface area contributed by atoms with Crippen molar-refractivity contribution in [3.8, 4) is 11.3 Å². The predicted octanol–water partition coefficient (Wildman–Crippen LogP) is 3.95. The van der Waals surface area contributed by atoms with Crippen LogP contribution in [0.3, 0.4) is 0 Å². The van der Waals surface area contributed by atoms with E-state index in [1.807, 2.05) is 0 Å². The lowest BCUT2D eigenvalue weighted by atomic mass is 10.0. The molecule has 2 aromatic carbocycles. The molecule has 0 unspecified atom stereocenters. The highest BCUT2D eigenvalue weighted by Gasteiger charge is 2.30. The van der Waals surface area contributed by atoms with Crippen LogP contribution in [-0.4, -0.2) is 21.3 Å². The number of halogens is 3. The van der Waals surface area contributed by atoms with Crippen LogP contribution in [0.25, 0.3) is 22.2 Å². The summed E-state index contributed by atoms with van der Waals surface area (Å²) in [7, 11) is 0. The zero-order valence-corrected chi connectivity index (χ0v) is 11.0. The van der Waals surface area contributed by atoms with Crippen LogP contribution in [0.1, 0.15) is 15.9 Å². The summed E-state index contributed by atoms with van der Waals surface area (Å²) >= 11 is 0. The average molecular weight is 306 g/mol. The number of fused-ring (bicyclic) bond motifs is 1. The molecule has 3 rings (SSSR count). The molecular weight excluding hydrogens is 297 g/mol. The van der Waals surface area contributed by atoms with Gasteiger partial charge in [0.2, 0.25) is 0 Å². The van der Waals surface area contributed by atoms with E-state index in [-0.39, 0.29) is 22.3 Å². The Bertz CT molecular complexity index is 869. The second kappa shape index (κ2) is 4.87. The van der Waals surface area contributed by atoms with E-state index in [0.717, 1.165) is 12.1 Å². The molecule has 0 atom stereocenters. The number of hydrogen-bond acceptors (Lipinski definition) is 2. The summed E-state index contributed by atoms with van der Waals surface area (Å²) in [4.78, 5) is 11.1. The number of carboxylic acid groups (broad SMARTS) is 1. The second-order valence-electron chi connectivity index (χ2n) is 4.68. The molecule has 3 aromatic rings. The van der Waals surface area contributed by atoms with Crippen molar-refractivity contribution in [3.63, 3.8) is 0 Å². The van der Waals surface area contributed by atoms with Crippen molar-refractivity contribution in [2.24, 2.45) is 0 Å². The van der Waals surface area contributed by atoms with Gasteiger partial charge >= 0.3 is 12.1 Å². The average Bonchev–Trinajstić information content (AvgIpc) is 2.90. The molecule has 0 aliphatic carbocycles. The third-order valence-corrected chi connectivity index (χ3v) is 3.29. The largest absolute Gasteiger partial charge is 0.478 e. The Morgan fingerprint density at radius 1 is 1.14 bits per heavy atom. The molecule has 112 valence electrons. The zero-order chi connectivity index (χ0) is 15.9. The van der Waals surface area contributed by atoms with Crippen molar-refractivity contribution in [2.45, 2.75) is 6.18 Å². The molecule has 0 spiro atoms. The number of hydrogen-bond donors (Lipinski definition) is 2. The van der Waals surface area contributed by atoms with Crippen LogP contribution in [0.15, 0.2) is 42.5 Å². The SMILES string of the molecule is O=C(O)c1cccc2c(-c3cccc(C(F)(F)F)c3)n[nH]c12. The molecule has 0 fully saturated rings. The van der Waals surface area contributed by atoms with Gasteiger partial charge in [-0.25, -0.2) is 4.79 Å². The topological polar surface area (TPSA) is 66.0 Å². The minimum atomic E-state index is -4.45. The second-order valence-corrected chi connectivity index (χ2v) is 4.68. The first-order chi connectivity index (χ1) is 10.4. The lowest BCUT2D eigenvalue weighted by Crippen LogP contribution is -2.04. The normalized spacial score (nSPS) is 11.8. The molecule has 22 heavy (non-hydrogen) atoms. The van der Waals surface area contributed by atoms with Crippen LogP contribution in [0.4, 0.5) is 13.2 Å². The maximum atomic E-state index is 12.8. The van der Waals surface area contributed by atoms with Gasteiger partial charge in [-0.1, -0.05) is 24.3 Å². The van der Waals surface area contributed by atoms with E-state index in [2.05, 4.69) is 10.2 Å². The van der Waals surface area contributed by atoms with Crippen molar-refractivity contribution in [1.82, 2.24) is 10.2 Å². The summed E-state index contributed by atoms with van der Waals surface area (Å²) in [6.07, 6.45) is -4.45. The molecule has 7 heteroatoms. The summed E-state index contributed by atoms with van der Waals surface area (Å²) in [5.74, 6) is -1.13. The quantitative estimate of drug-likeness (QED) is 0.753. The number of aromatic amines is 1. The van der Waals surface area contributed by atoms with Crippen LogP contribution in [0.5, 0.6) is 0 Å². The highest BCUT2D eigenvalue weighted by Crippen LogP contribution is 2.34. The summed E-state index contributed by atoms with van der Waals surface area (Å²) < 4.78 is 38.4. The Labute approximate surface area is 122 Å². The van der Waals surface area contributed by atoms with Crippen molar-refractivity contribution in [2.75, 3.05) is 0 Å². The molecule has 1 heterocycles. The first-order valence-corrected chi connectivity index (χ1v) is 6.26. The number of alkyl halides is 3. The van der Waals surface area contributed by atoms with E-state index < -0.39 is 17.7 Å². The fourth-order valence-corrected chi connectivity index (χ4v) is 2.28. The Hall–Kier alpha value is -2.83. The maximum absolute atomic E-state index is 12.8. The van der Waals surface area contributed by atoms with Gasteiger partial charge in [-0.05, 0) is 18.2 Å². The summed E-state index contributed by atoms with van der Waals surface area (Å²) in [6.45, 7) is 0. The molecule has 0 radical (unpaired) electrons. The van der Waals surface area contributed by atoms with Gasteiger partial charge in [0.25, 0.3) is 0 Å². The highest BCUT2D eigenvalue weighted by atomic mass is 19.4. The summed E-state index contributed by atoms with van der Waals surface area (Å²) in [5, 5.41) is 16.1.